The molecule has 0 heterocycles. The van der Waals surface area contributed by atoms with Crippen molar-refractivity contribution in [3.63, 3.8) is 0 Å². The molecule has 1 rings (SSSR count). The van der Waals surface area contributed by atoms with Gasteiger partial charge in [-0.25, -0.2) is 0 Å². The summed E-state index contributed by atoms with van der Waals surface area (Å²) in [5.41, 5.74) is 1.03. The van der Waals surface area contributed by atoms with Gasteiger partial charge in [0.15, 0.2) is 0 Å². The first-order chi connectivity index (χ1) is 7.92. The monoisotopic (exact) mass is 274 g/mol. The first-order valence-corrected chi connectivity index (χ1v) is 7.95. The molecule has 0 aliphatic carbocycles. The molecule has 0 fully saturated rings. The topological polar surface area (TPSA) is 43.4 Å². The Hall–Kier alpha value is -0.520. The molecule has 1 aromatic rings. The number of thioether (sulfide) groups is 1. The molecule has 0 unspecified atom stereocenters. The van der Waals surface area contributed by atoms with Crippen LogP contribution in [0.3, 0.4) is 0 Å². The van der Waals surface area contributed by atoms with Crippen LogP contribution in [-0.2, 0) is 14.3 Å². The molecule has 0 aliphatic heterocycles. The van der Waals surface area contributed by atoms with Gasteiger partial charge in [0.25, 0.3) is 10.1 Å². The molecule has 0 aliphatic rings. The van der Waals surface area contributed by atoms with E-state index in [1.165, 1.54) is 0 Å². The van der Waals surface area contributed by atoms with Gasteiger partial charge in [-0.1, -0.05) is 31.5 Å². The number of hydrogen-bond acceptors (Lipinski definition) is 4. The van der Waals surface area contributed by atoms with Crippen molar-refractivity contribution in [2.45, 2.75) is 30.9 Å². The van der Waals surface area contributed by atoms with Gasteiger partial charge in [-0.15, -0.1) is 0 Å². The van der Waals surface area contributed by atoms with Crippen LogP contribution in [-0.4, -0.2) is 26.0 Å². The van der Waals surface area contributed by atoms with Crippen molar-refractivity contribution in [1.29, 1.82) is 0 Å². The number of rotatable bonds is 6. The minimum Gasteiger partial charge on any atom is -0.266 e. The van der Waals surface area contributed by atoms with E-state index in [2.05, 4.69) is 13.8 Å². The second-order valence-corrected chi connectivity index (χ2v) is 7.31. The number of aryl methyl sites for hydroxylation is 1. The van der Waals surface area contributed by atoms with Gasteiger partial charge < -0.3 is 0 Å². The summed E-state index contributed by atoms with van der Waals surface area (Å²) in [5, 5.41) is 0.487. The molecule has 0 aromatic heterocycles. The SMILES string of the molecule is Cc1ccc(S(=O)(=O)OCCSC(C)C)cc1. The molecule has 0 N–H and O–H groups in total. The summed E-state index contributed by atoms with van der Waals surface area (Å²) < 4.78 is 28.5. The van der Waals surface area contributed by atoms with Crippen molar-refractivity contribution in [2.24, 2.45) is 0 Å². The van der Waals surface area contributed by atoms with E-state index in [1.54, 1.807) is 36.0 Å². The Kier molecular flexibility index (Phi) is 5.49. The molecule has 96 valence electrons. The third-order valence-electron chi connectivity index (χ3n) is 2.08. The minimum atomic E-state index is -3.59. The van der Waals surface area contributed by atoms with E-state index in [1.807, 2.05) is 6.92 Å². The van der Waals surface area contributed by atoms with Crippen molar-refractivity contribution in [1.82, 2.24) is 0 Å². The molecule has 0 amide bonds. The van der Waals surface area contributed by atoms with Crippen LogP contribution in [0.4, 0.5) is 0 Å². The third-order valence-corrected chi connectivity index (χ3v) is 4.48. The minimum absolute atomic E-state index is 0.220. The van der Waals surface area contributed by atoms with E-state index >= 15 is 0 Å². The van der Waals surface area contributed by atoms with E-state index in [0.717, 1.165) is 5.56 Å². The zero-order valence-electron chi connectivity index (χ0n) is 10.3. The quantitative estimate of drug-likeness (QED) is 0.591. The molecule has 0 spiro atoms. The fourth-order valence-electron chi connectivity index (χ4n) is 1.20. The van der Waals surface area contributed by atoms with Crippen LogP contribution >= 0.6 is 11.8 Å². The van der Waals surface area contributed by atoms with Crippen LogP contribution in [0.5, 0.6) is 0 Å². The maximum atomic E-state index is 11.8. The lowest BCUT2D eigenvalue weighted by Gasteiger charge is -2.07. The Bertz CT molecular complexity index is 435. The predicted molar refractivity (Wildman–Crippen MR) is 71.9 cm³/mol. The fourth-order valence-corrected chi connectivity index (χ4v) is 2.87. The highest BCUT2D eigenvalue weighted by molar-refractivity contribution is 7.99. The summed E-state index contributed by atoms with van der Waals surface area (Å²) in [4.78, 5) is 0.220. The molecule has 0 bridgehead atoms. The molecule has 0 saturated heterocycles. The summed E-state index contributed by atoms with van der Waals surface area (Å²) in [6.45, 7) is 6.27. The molecular formula is C12H18O3S2. The van der Waals surface area contributed by atoms with Gasteiger partial charge in [-0.3, -0.25) is 4.18 Å². The van der Waals surface area contributed by atoms with Crippen LogP contribution in [0.25, 0.3) is 0 Å². The highest BCUT2D eigenvalue weighted by atomic mass is 32.2. The van der Waals surface area contributed by atoms with Crippen molar-refractivity contribution in [3.05, 3.63) is 29.8 Å². The average molecular weight is 274 g/mol. The van der Waals surface area contributed by atoms with E-state index in [9.17, 15) is 8.42 Å². The summed E-state index contributed by atoms with van der Waals surface area (Å²) in [6, 6.07) is 6.67. The van der Waals surface area contributed by atoms with E-state index in [-0.39, 0.29) is 11.5 Å². The maximum absolute atomic E-state index is 11.8. The molecule has 3 nitrogen and oxygen atoms in total. The summed E-state index contributed by atoms with van der Waals surface area (Å²) in [5.74, 6) is 0.683. The second-order valence-electron chi connectivity index (χ2n) is 4.01. The Balaban J connectivity index is 2.54. The van der Waals surface area contributed by atoms with Gasteiger partial charge >= 0.3 is 0 Å². The Morgan fingerprint density at radius 2 is 1.82 bits per heavy atom. The highest BCUT2D eigenvalue weighted by Gasteiger charge is 2.14. The number of benzene rings is 1. The standard InChI is InChI=1S/C12H18O3S2/c1-10(2)16-9-8-15-17(13,14)12-6-4-11(3)5-7-12/h4-7,10H,8-9H2,1-3H3. The van der Waals surface area contributed by atoms with Crippen molar-refractivity contribution >= 4 is 21.9 Å². The van der Waals surface area contributed by atoms with Crippen LogP contribution in [0, 0.1) is 6.92 Å². The number of hydrogen-bond donors (Lipinski definition) is 0. The summed E-state index contributed by atoms with van der Waals surface area (Å²) in [6.07, 6.45) is 0. The molecule has 0 radical (unpaired) electrons. The molecule has 1 aromatic carbocycles. The van der Waals surface area contributed by atoms with Crippen molar-refractivity contribution < 1.29 is 12.6 Å². The fraction of sp³-hybridized carbons (Fsp3) is 0.500. The second kappa shape index (κ2) is 6.42. The molecular weight excluding hydrogens is 256 g/mol. The van der Waals surface area contributed by atoms with Gasteiger partial charge in [0, 0.05) is 5.75 Å². The molecule has 5 heteroatoms. The van der Waals surface area contributed by atoms with Crippen LogP contribution in [0.2, 0.25) is 0 Å². The largest absolute Gasteiger partial charge is 0.296 e. The van der Waals surface area contributed by atoms with Gasteiger partial charge in [0.1, 0.15) is 0 Å². The normalized spacial score (nSPS) is 12.0. The highest BCUT2D eigenvalue weighted by Crippen LogP contribution is 2.14. The van der Waals surface area contributed by atoms with Gasteiger partial charge in [0.2, 0.25) is 0 Å². The lowest BCUT2D eigenvalue weighted by molar-refractivity contribution is 0.341. The Labute approximate surface area is 108 Å². The lowest BCUT2D eigenvalue weighted by atomic mass is 10.2. The van der Waals surface area contributed by atoms with Crippen LogP contribution in [0.15, 0.2) is 29.2 Å². The van der Waals surface area contributed by atoms with Crippen LogP contribution in [0.1, 0.15) is 19.4 Å². The molecule has 0 atom stereocenters. The zero-order chi connectivity index (χ0) is 12.9. The first kappa shape index (κ1) is 14.5. The third kappa shape index (κ3) is 5.10. The summed E-state index contributed by atoms with van der Waals surface area (Å²) >= 11 is 1.68. The van der Waals surface area contributed by atoms with E-state index < -0.39 is 10.1 Å². The van der Waals surface area contributed by atoms with Gasteiger partial charge in [-0.2, -0.15) is 20.2 Å². The van der Waals surface area contributed by atoms with Crippen molar-refractivity contribution in [2.75, 3.05) is 12.4 Å². The Morgan fingerprint density at radius 3 is 2.35 bits per heavy atom. The van der Waals surface area contributed by atoms with Gasteiger partial charge in [-0.05, 0) is 24.3 Å². The van der Waals surface area contributed by atoms with Crippen LogP contribution < -0.4 is 0 Å². The zero-order valence-corrected chi connectivity index (χ0v) is 12.0. The molecule has 17 heavy (non-hydrogen) atoms. The predicted octanol–water partition coefficient (Wildman–Crippen LogP) is 2.84. The average Bonchev–Trinajstić information content (AvgIpc) is 2.25. The lowest BCUT2D eigenvalue weighted by Crippen LogP contribution is -2.09. The maximum Gasteiger partial charge on any atom is 0.296 e. The van der Waals surface area contributed by atoms with E-state index in [4.69, 9.17) is 4.18 Å². The first-order valence-electron chi connectivity index (χ1n) is 5.49. The van der Waals surface area contributed by atoms with Gasteiger partial charge in [0.05, 0.1) is 11.5 Å². The summed E-state index contributed by atoms with van der Waals surface area (Å²) in [7, 11) is -3.59. The Morgan fingerprint density at radius 1 is 1.24 bits per heavy atom. The van der Waals surface area contributed by atoms with Crippen molar-refractivity contribution in [3.8, 4) is 0 Å². The smallest absolute Gasteiger partial charge is 0.266 e. The molecule has 0 saturated carbocycles. The van der Waals surface area contributed by atoms with E-state index in [0.29, 0.717) is 11.0 Å².